The molecule has 0 spiro atoms. The fourth-order valence-electron chi connectivity index (χ4n) is 1.93. The minimum atomic E-state index is 0.0462. The van der Waals surface area contributed by atoms with Crippen LogP contribution in [0.25, 0.3) is 5.65 Å². The van der Waals surface area contributed by atoms with E-state index in [-0.39, 0.29) is 5.91 Å². The summed E-state index contributed by atoms with van der Waals surface area (Å²) >= 11 is 3.40. The Balaban J connectivity index is 2.40. The molecule has 0 bridgehead atoms. The van der Waals surface area contributed by atoms with Crippen molar-refractivity contribution in [1.82, 2.24) is 19.3 Å². The second-order valence-corrected chi connectivity index (χ2v) is 5.57. The summed E-state index contributed by atoms with van der Waals surface area (Å²) in [5.74, 6) is 0.770. The van der Waals surface area contributed by atoms with Gasteiger partial charge < -0.3 is 14.2 Å². The zero-order valence-electron chi connectivity index (χ0n) is 11.9. The van der Waals surface area contributed by atoms with Crippen molar-refractivity contribution < 1.29 is 4.79 Å². The maximum atomic E-state index is 12.0. The zero-order chi connectivity index (χ0) is 14.7. The Kier molecular flexibility index (Phi) is 4.59. The van der Waals surface area contributed by atoms with E-state index < -0.39 is 0 Å². The molecule has 1 amide bonds. The van der Waals surface area contributed by atoms with E-state index in [2.05, 4.69) is 32.8 Å². The van der Waals surface area contributed by atoms with Gasteiger partial charge in [0.15, 0.2) is 11.5 Å². The van der Waals surface area contributed by atoms with Crippen LogP contribution in [0.4, 0.5) is 5.82 Å². The van der Waals surface area contributed by atoms with Crippen molar-refractivity contribution in [3.8, 4) is 0 Å². The van der Waals surface area contributed by atoms with Crippen LogP contribution in [-0.4, -0.2) is 52.4 Å². The van der Waals surface area contributed by atoms with E-state index in [0.29, 0.717) is 6.54 Å². The lowest BCUT2D eigenvalue weighted by Gasteiger charge is -2.24. The predicted octanol–water partition coefficient (Wildman–Crippen LogP) is 1.80. The van der Waals surface area contributed by atoms with E-state index in [0.717, 1.165) is 29.0 Å². The topological polar surface area (TPSA) is 53.7 Å². The van der Waals surface area contributed by atoms with Crippen LogP contribution in [0.15, 0.2) is 23.2 Å². The number of halogens is 1. The lowest BCUT2D eigenvalue weighted by atomic mass is 10.3. The Labute approximate surface area is 126 Å². The zero-order valence-corrected chi connectivity index (χ0v) is 13.5. The molecule has 6 nitrogen and oxygen atoms in total. The molecule has 0 aliphatic heterocycles. The van der Waals surface area contributed by atoms with Gasteiger partial charge in [0.2, 0.25) is 5.91 Å². The van der Waals surface area contributed by atoms with Gasteiger partial charge in [-0.2, -0.15) is 0 Å². The summed E-state index contributed by atoms with van der Waals surface area (Å²) in [4.78, 5) is 24.4. The van der Waals surface area contributed by atoms with Crippen molar-refractivity contribution >= 4 is 33.3 Å². The van der Waals surface area contributed by atoms with Gasteiger partial charge in [0, 0.05) is 39.2 Å². The molecule has 0 fully saturated rings. The summed E-state index contributed by atoms with van der Waals surface area (Å²) < 4.78 is 2.62. The smallest absolute Gasteiger partial charge is 0.241 e. The van der Waals surface area contributed by atoms with Crippen molar-refractivity contribution in [1.29, 1.82) is 0 Å². The molecule has 0 saturated heterocycles. The van der Waals surface area contributed by atoms with Gasteiger partial charge in [-0.1, -0.05) is 6.92 Å². The van der Waals surface area contributed by atoms with Crippen LogP contribution in [0.3, 0.4) is 0 Å². The molecule has 7 heteroatoms. The number of nitrogens with zero attached hydrogens (tertiary/aromatic N) is 5. The fraction of sp³-hybridized carbons (Fsp3) is 0.462. The third kappa shape index (κ3) is 3.09. The number of imidazole rings is 1. The molecule has 0 aliphatic carbocycles. The first kappa shape index (κ1) is 14.8. The maximum Gasteiger partial charge on any atom is 0.241 e. The summed E-state index contributed by atoms with van der Waals surface area (Å²) in [5.41, 5.74) is 0.758. The number of fused-ring (bicyclic) bond motifs is 1. The molecule has 0 atom stereocenters. The Morgan fingerprint density at radius 1 is 1.45 bits per heavy atom. The van der Waals surface area contributed by atoms with Gasteiger partial charge in [-0.3, -0.25) is 4.79 Å². The molecule has 2 aromatic rings. The summed E-state index contributed by atoms with van der Waals surface area (Å²) in [7, 11) is 3.51. The number of carbonyl (C=O) groups is 1. The lowest BCUT2D eigenvalue weighted by Crippen LogP contribution is -2.37. The highest BCUT2D eigenvalue weighted by Crippen LogP contribution is 2.21. The molecule has 0 saturated carbocycles. The normalized spacial score (nSPS) is 10.8. The van der Waals surface area contributed by atoms with Gasteiger partial charge in [0.1, 0.15) is 4.60 Å². The van der Waals surface area contributed by atoms with Crippen molar-refractivity contribution in [3.05, 3.63) is 23.2 Å². The van der Waals surface area contributed by atoms with Crippen molar-refractivity contribution in [2.75, 3.05) is 32.1 Å². The molecule has 0 aliphatic rings. The van der Waals surface area contributed by atoms with Crippen molar-refractivity contribution in [3.63, 3.8) is 0 Å². The second-order valence-electron chi connectivity index (χ2n) is 4.76. The number of rotatable bonds is 5. The number of amides is 1. The van der Waals surface area contributed by atoms with E-state index in [1.165, 1.54) is 0 Å². The van der Waals surface area contributed by atoms with Crippen molar-refractivity contribution in [2.24, 2.45) is 0 Å². The number of carbonyl (C=O) groups excluding carboxylic acids is 1. The Bertz CT molecular complexity index is 610. The Morgan fingerprint density at radius 3 is 2.85 bits per heavy atom. The van der Waals surface area contributed by atoms with Crippen LogP contribution in [0.5, 0.6) is 0 Å². The summed E-state index contributed by atoms with van der Waals surface area (Å²) in [5, 5.41) is 0. The van der Waals surface area contributed by atoms with Crippen LogP contribution in [0.1, 0.15) is 13.3 Å². The highest BCUT2D eigenvalue weighted by molar-refractivity contribution is 9.10. The fourth-order valence-corrected chi connectivity index (χ4v) is 2.32. The predicted molar refractivity (Wildman–Crippen MR) is 81.9 cm³/mol. The molecule has 2 aromatic heterocycles. The van der Waals surface area contributed by atoms with Gasteiger partial charge in [-0.05, 0) is 22.4 Å². The molecular formula is C13H18BrN5O. The first-order valence-corrected chi connectivity index (χ1v) is 7.26. The molecular weight excluding hydrogens is 322 g/mol. The SMILES string of the molecule is CCCN(CC(=O)N(C)C)c1nc(Br)cn2ccnc12. The minimum absolute atomic E-state index is 0.0462. The average Bonchev–Trinajstić information content (AvgIpc) is 2.84. The minimum Gasteiger partial charge on any atom is -0.347 e. The monoisotopic (exact) mass is 339 g/mol. The highest BCUT2D eigenvalue weighted by atomic mass is 79.9. The largest absolute Gasteiger partial charge is 0.347 e. The van der Waals surface area contributed by atoms with Gasteiger partial charge in [-0.15, -0.1) is 0 Å². The maximum absolute atomic E-state index is 12.0. The number of hydrogen-bond acceptors (Lipinski definition) is 4. The van der Waals surface area contributed by atoms with E-state index in [1.54, 1.807) is 25.2 Å². The number of anilines is 1. The molecule has 0 unspecified atom stereocenters. The van der Waals surface area contributed by atoms with Gasteiger partial charge in [0.25, 0.3) is 0 Å². The Hall–Kier alpha value is -1.63. The molecule has 0 N–H and O–H groups in total. The number of likely N-dealkylation sites (N-methyl/N-ethyl adjacent to an activating group) is 1. The summed E-state index contributed by atoms with van der Waals surface area (Å²) in [6.45, 7) is 3.13. The van der Waals surface area contributed by atoms with Crippen LogP contribution >= 0.6 is 15.9 Å². The quantitative estimate of drug-likeness (QED) is 0.833. The standard InChI is InChI=1S/C13H18BrN5O/c1-4-6-18(9-11(20)17(2)3)13-12-15-5-7-19(12)8-10(14)16-13/h5,7-8H,4,6,9H2,1-3H3. The van der Waals surface area contributed by atoms with E-state index >= 15 is 0 Å². The van der Waals surface area contributed by atoms with Crippen molar-refractivity contribution in [2.45, 2.75) is 13.3 Å². The van der Waals surface area contributed by atoms with Crippen LogP contribution in [0, 0.1) is 0 Å². The van der Waals surface area contributed by atoms with Gasteiger partial charge in [0.05, 0.1) is 6.54 Å². The van der Waals surface area contributed by atoms with E-state index in [9.17, 15) is 4.79 Å². The van der Waals surface area contributed by atoms with Gasteiger partial charge >= 0.3 is 0 Å². The highest BCUT2D eigenvalue weighted by Gasteiger charge is 2.17. The van der Waals surface area contributed by atoms with Gasteiger partial charge in [-0.25, -0.2) is 9.97 Å². The molecule has 20 heavy (non-hydrogen) atoms. The number of hydrogen-bond donors (Lipinski definition) is 0. The Morgan fingerprint density at radius 2 is 2.20 bits per heavy atom. The first-order valence-electron chi connectivity index (χ1n) is 6.47. The average molecular weight is 340 g/mol. The summed E-state index contributed by atoms with van der Waals surface area (Å²) in [6, 6.07) is 0. The van der Waals surface area contributed by atoms with Crippen LogP contribution in [0.2, 0.25) is 0 Å². The lowest BCUT2D eigenvalue weighted by molar-refractivity contribution is -0.127. The number of aromatic nitrogens is 3. The van der Waals surface area contributed by atoms with E-state index in [1.807, 2.05) is 21.7 Å². The third-order valence-corrected chi connectivity index (χ3v) is 3.33. The van der Waals surface area contributed by atoms with E-state index in [4.69, 9.17) is 0 Å². The molecule has 0 aromatic carbocycles. The third-order valence-electron chi connectivity index (χ3n) is 2.94. The second kappa shape index (κ2) is 6.21. The van der Waals surface area contributed by atoms with Crippen LogP contribution in [-0.2, 0) is 4.79 Å². The first-order chi connectivity index (χ1) is 9.52. The molecule has 0 radical (unpaired) electrons. The molecule has 108 valence electrons. The molecule has 2 rings (SSSR count). The summed E-state index contributed by atoms with van der Waals surface area (Å²) in [6.07, 6.45) is 6.37. The van der Waals surface area contributed by atoms with Crippen LogP contribution < -0.4 is 4.90 Å². The molecule has 2 heterocycles.